The van der Waals surface area contributed by atoms with Crippen LogP contribution in [-0.4, -0.2) is 34.2 Å². The predicted octanol–water partition coefficient (Wildman–Crippen LogP) is 5.41. The van der Waals surface area contributed by atoms with Crippen LogP contribution >= 0.6 is 15.9 Å². The first kappa shape index (κ1) is 21.7. The van der Waals surface area contributed by atoms with Gasteiger partial charge in [-0.2, -0.15) is 13.2 Å². The zero-order valence-electron chi connectivity index (χ0n) is 16.9. The van der Waals surface area contributed by atoms with Crippen LogP contribution in [0.3, 0.4) is 0 Å². The zero-order valence-corrected chi connectivity index (χ0v) is 18.5. The first-order chi connectivity index (χ1) is 14.7. The Kier molecular flexibility index (Phi) is 5.96. The van der Waals surface area contributed by atoms with Crippen LogP contribution in [0.15, 0.2) is 41.1 Å². The molecule has 9 heteroatoms. The molecule has 1 fully saturated rings. The van der Waals surface area contributed by atoms with E-state index in [2.05, 4.69) is 31.5 Å². The Morgan fingerprint density at radius 3 is 2.71 bits per heavy atom. The van der Waals surface area contributed by atoms with Crippen LogP contribution in [0.1, 0.15) is 40.7 Å². The maximum atomic E-state index is 12.5. The van der Waals surface area contributed by atoms with Gasteiger partial charge in [-0.05, 0) is 49.1 Å². The number of carbonyl (C=O) groups is 1. The van der Waals surface area contributed by atoms with Gasteiger partial charge in [-0.1, -0.05) is 28.1 Å². The molecule has 1 aromatic heterocycles. The lowest BCUT2D eigenvalue weighted by Gasteiger charge is -2.12. The van der Waals surface area contributed by atoms with Gasteiger partial charge in [-0.15, -0.1) is 0 Å². The molecule has 0 aliphatic heterocycles. The molecule has 31 heavy (non-hydrogen) atoms. The molecule has 0 radical (unpaired) electrons. The lowest BCUT2D eigenvalue weighted by atomic mass is 10.0. The number of imidazole rings is 1. The first-order valence-electron chi connectivity index (χ1n) is 10.0. The van der Waals surface area contributed by atoms with Gasteiger partial charge in [0.05, 0.1) is 24.0 Å². The molecule has 0 saturated heterocycles. The lowest BCUT2D eigenvalue weighted by molar-refractivity contribution is -0.131. The zero-order chi connectivity index (χ0) is 22.2. The minimum absolute atomic E-state index is 0.0434. The number of carbonyl (C=O) groups excluding carboxylic acids is 1. The van der Waals surface area contributed by atoms with E-state index in [0.29, 0.717) is 29.4 Å². The molecule has 0 unspecified atom stereocenters. The van der Waals surface area contributed by atoms with Crippen molar-refractivity contribution in [2.45, 2.75) is 44.9 Å². The van der Waals surface area contributed by atoms with Gasteiger partial charge in [0.2, 0.25) is 0 Å². The SMILES string of the molecule is Cc1cc(Cn2cnc3c(NCCC(F)(F)F)cc(Br)cc32)ccc1C(=O)NC1CC1. The Morgan fingerprint density at radius 2 is 2.03 bits per heavy atom. The Balaban J connectivity index is 1.53. The van der Waals surface area contributed by atoms with Crippen molar-refractivity contribution in [1.29, 1.82) is 0 Å². The molecule has 1 amide bonds. The number of rotatable bonds is 7. The maximum Gasteiger partial charge on any atom is 0.390 e. The van der Waals surface area contributed by atoms with Crippen molar-refractivity contribution >= 4 is 38.6 Å². The van der Waals surface area contributed by atoms with Gasteiger partial charge < -0.3 is 15.2 Å². The van der Waals surface area contributed by atoms with Crippen molar-refractivity contribution in [3.63, 3.8) is 0 Å². The second-order valence-electron chi connectivity index (χ2n) is 7.88. The van der Waals surface area contributed by atoms with Crippen LogP contribution in [0.4, 0.5) is 18.9 Å². The normalized spacial score (nSPS) is 14.1. The van der Waals surface area contributed by atoms with Gasteiger partial charge >= 0.3 is 6.18 Å². The van der Waals surface area contributed by atoms with Crippen molar-refractivity contribution in [1.82, 2.24) is 14.9 Å². The molecular formula is C22H22BrF3N4O. The van der Waals surface area contributed by atoms with Crippen molar-refractivity contribution in [2.24, 2.45) is 0 Å². The number of nitrogens with zero attached hydrogens (tertiary/aromatic N) is 2. The van der Waals surface area contributed by atoms with Crippen LogP contribution in [-0.2, 0) is 6.54 Å². The summed E-state index contributed by atoms with van der Waals surface area (Å²) >= 11 is 3.43. The van der Waals surface area contributed by atoms with E-state index in [9.17, 15) is 18.0 Å². The number of aryl methyl sites for hydroxylation is 1. The topological polar surface area (TPSA) is 59.0 Å². The summed E-state index contributed by atoms with van der Waals surface area (Å²) in [5.41, 5.74) is 4.54. The molecule has 2 aromatic carbocycles. The van der Waals surface area contributed by atoms with Crippen molar-refractivity contribution < 1.29 is 18.0 Å². The van der Waals surface area contributed by atoms with Crippen LogP contribution in [0.25, 0.3) is 11.0 Å². The van der Waals surface area contributed by atoms with E-state index < -0.39 is 12.6 Å². The Hall–Kier alpha value is -2.55. The molecule has 1 aliphatic carbocycles. The number of hydrogen-bond acceptors (Lipinski definition) is 3. The number of anilines is 1. The summed E-state index contributed by atoms with van der Waals surface area (Å²) in [5.74, 6) is -0.0434. The van der Waals surface area contributed by atoms with Gasteiger partial charge in [0.1, 0.15) is 5.52 Å². The van der Waals surface area contributed by atoms with Gasteiger partial charge in [0.25, 0.3) is 5.91 Å². The number of nitrogens with one attached hydrogen (secondary N) is 2. The fourth-order valence-electron chi connectivity index (χ4n) is 3.50. The molecule has 1 aliphatic rings. The number of alkyl halides is 3. The van der Waals surface area contributed by atoms with Gasteiger partial charge in [-0.25, -0.2) is 4.98 Å². The third-order valence-electron chi connectivity index (χ3n) is 5.22. The van der Waals surface area contributed by atoms with E-state index in [4.69, 9.17) is 0 Å². The fraction of sp³-hybridized carbons (Fsp3) is 0.364. The maximum absolute atomic E-state index is 12.5. The molecule has 5 nitrogen and oxygen atoms in total. The second kappa shape index (κ2) is 8.53. The van der Waals surface area contributed by atoms with E-state index in [1.54, 1.807) is 12.4 Å². The van der Waals surface area contributed by atoms with Gasteiger partial charge in [0, 0.05) is 29.2 Å². The average molecular weight is 495 g/mol. The Morgan fingerprint density at radius 1 is 1.26 bits per heavy atom. The highest BCUT2D eigenvalue weighted by atomic mass is 79.9. The number of aromatic nitrogens is 2. The fourth-order valence-corrected chi connectivity index (χ4v) is 3.94. The van der Waals surface area contributed by atoms with E-state index >= 15 is 0 Å². The third kappa shape index (κ3) is 5.39. The quantitative estimate of drug-likeness (QED) is 0.461. The standard InChI is InChI=1S/C22H22BrF3N4O/c1-13-8-14(2-5-17(13)21(31)29-16-3-4-16)11-30-12-28-20-18(9-15(23)10-19(20)30)27-7-6-22(24,25)26/h2,5,8-10,12,16,27H,3-4,6-7,11H2,1H3,(H,29,31). The summed E-state index contributed by atoms with van der Waals surface area (Å²) in [5, 5.41) is 5.84. The van der Waals surface area contributed by atoms with Gasteiger partial charge in [0.15, 0.2) is 0 Å². The summed E-state index contributed by atoms with van der Waals surface area (Å²) in [4.78, 5) is 16.7. The van der Waals surface area contributed by atoms with Crippen LogP contribution in [0.5, 0.6) is 0 Å². The monoisotopic (exact) mass is 494 g/mol. The van der Waals surface area contributed by atoms with Crippen molar-refractivity contribution in [3.05, 3.63) is 57.8 Å². The Labute approximate surface area is 186 Å². The number of amides is 1. The number of halogens is 4. The van der Waals surface area contributed by atoms with E-state index in [0.717, 1.165) is 34.0 Å². The summed E-state index contributed by atoms with van der Waals surface area (Å²) in [6, 6.07) is 9.66. The number of benzene rings is 2. The molecule has 3 aromatic rings. The first-order valence-corrected chi connectivity index (χ1v) is 10.8. The second-order valence-corrected chi connectivity index (χ2v) is 8.80. The molecular weight excluding hydrogens is 473 g/mol. The molecule has 164 valence electrons. The van der Waals surface area contributed by atoms with Crippen LogP contribution in [0.2, 0.25) is 0 Å². The molecule has 0 spiro atoms. The van der Waals surface area contributed by atoms with E-state index in [1.165, 1.54) is 0 Å². The molecule has 0 atom stereocenters. The van der Waals surface area contributed by atoms with Gasteiger partial charge in [-0.3, -0.25) is 4.79 Å². The highest BCUT2D eigenvalue weighted by molar-refractivity contribution is 9.10. The smallest absolute Gasteiger partial charge is 0.383 e. The van der Waals surface area contributed by atoms with Crippen LogP contribution < -0.4 is 10.6 Å². The van der Waals surface area contributed by atoms with E-state index in [1.807, 2.05) is 35.8 Å². The molecule has 0 bridgehead atoms. The predicted molar refractivity (Wildman–Crippen MR) is 117 cm³/mol. The highest BCUT2D eigenvalue weighted by Crippen LogP contribution is 2.29. The third-order valence-corrected chi connectivity index (χ3v) is 5.67. The highest BCUT2D eigenvalue weighted by Gasteiger charge is 2.26. The Bertz CT molecular complexity index is 1120. The average Bonchev–Trinajstić information content (AvgIpc) is 3.40. The largest absolute Gasteiger partial charge is 0.390 e. The summed E-state index contributed by atoms with van der Waals surface area (Å²) < 4.78 is 40.1. The minimum atomic E-state index is -4.21. The molecule has 1 saturated carbocycles. The molecule has 2 N–H and O–H groups in total. The number of fused-ring (bicyclic) bond motifs is 1. The summed E-state index contributed by atoms with van der Waals surface area (Å²) in [7, 11) is 0. The summed E-state index contributed by atoms with van der Waals surface area (Å²) in [6.45, 7) is 2.22. The van der Waals surface area contributed by atoms with E-state index in [-0.39, 0.29) is 12.5 Å². The molecule has 4 rings (SSSR count). The molecule has 1 heterocycles. The summed E-state index contributed by atoms with van der Waals surface area (Å²) in [6.07, 6.45) is -1.37. The number of hydrogen-bond donors (Lipinski definition) is 2. The van der Waals surface area contributed by atoms with Crippen LogP contribution in [0, 0.1) is 6.92 Å². The van der Waals surface area contributed by atoms with Crippen molar-refractivity contribution in [3.8, 4) is 0 Å². The minimum Gasteiger partial charge on any atom is -0.383 e. The van der Waals surface area contributed by atoms with Crippen molar-refractivity contribution in [2.75, 3.05) is 11.9 Å². The lowest BCUT2D eigenvalue weighted by Crippen LogP contribution is -2.26.